The van der Waals surface area contributed by atoms with Crippen LogP contribution < -0.4 is 4.74 Å². The van der Waals surface area contributed by atoms with Crippen LogP contribution in [0.5, 0.6) is 11.5 Å². The number of amides is 1. The zero-order valence-corrected chi connectivity index (χ0v) is 19.3. The number of nitrogens with zero attached hydrogens (tertiary/aromatic N) is 2. The number of rotatable bonds is 4. The van der Waals surface area contributed by atoms with Gasteiger partial charge in [0, 0.05) is 11.6 Å². The van der Waals surface area contributed by atoms with Crippen molar-refractivity contribution in [3.8, 4) is 11.5 Å². The summed E-state index contributed by atoms with van der Waals surface area (Å²) in [7, 11) is 0. The van der Waals surface area contributed by atoms with Crippen LogP contribution in [0.1, 0.15) is 40.2 Å². The van der Waals surface area contributed by atoms with Gasteiger partial charge in [-0.15, -0.1) is 0 Å². The molecule has 1 atom stereocenters. The van der Waals surface area contributed by atoms with E-state index in [-0.39, 0.29) is 12.1 Å². The molecule has 1 saturated heterocycles. The Hall–Kier alpha value is -3.12. The summed E-state index contributed by atoms with van der Waals surface area (Å²) in [5.41, 5.74) is 0.721. The van der Waals surface area contributed by atoms with Gasteiger partial charge in [0.25, 0.3) is 0 Å². The Bertz CT molecular complexity index is 1100. The zero-order chi connectivity index (χ0) is 22.9. The molecule has 32 heavy (non-hydrogen) atoms. The highest BCUT2D eigenvalue weighted by Gasteiger charge is 2.45. The molecule has 1 unspecified atom stereocenters. The normalized spacial score (nSPS) is 18.0. The van der Waals surface area contributed by atoms with E-state index in [4.69, 9.17) is 14.2 Å². The van der Waals surface area contributed by atoms with E-state index in [2.05, 4.69) is 4.98 Å². The highest BCUT2D eigenvalue weighted by Crippen LogP contribution is 2.32. The van der Waals surface area contributed by atoms with Gasteiger partial charge in [-0.05, 0) is 76.9 Å². The highest BCUT2D eigenvalue weighted by molar-refractivity contribution is 5.84. The number of benzene rings is 2. The van der Waals surface area contributed by atoms with E-state index in [0.29, 0.717) is 13.0 Å². The van der Waals surface area contributed by atoms with Gasteiger partial charge in [-0.3, -0.25) is 9.88 Å². The van der Waals surface area contributed by atoms with Crippen LogP contribution in [0, 0.1) is 0 Å². The van der Waals surface area contributed by atoms with Crippen LogP contribution in [0.2, 0.25) is 0 Å². The number of fused-ring (bicyclic) bond motifs is 1. The molecule has 6 nitrogen and oxygen atoms in total. The monoisotopic (exact) mass is 434 g/mol. The van der Waals surface area contributed by atoms with Crippen LogP contribution in [0.25, 0.3) is 10.9 Å². The molecular formula is C26H30N2O4. The topological polar surface area (TPSA) is 60.9 Å². The number of hydrogen-bond acceptors (Lipinski definition) is 5. The maximum Gasteiger partial charge on any atom is 0.412 e. The summed E-state index contributed by atoms with van der Waals surface area (Å²) < 4.78 is 17.7. The van der Waals surface area contributed by atoms with E-state index < -0.39 is 11.3 Å². The summed E-state index contributed by atoms with van der Waals surface area (Å²) in [4.78, 5) is 18.9. The maximum absolute atomic E-state index is 12.8. The lowest BCUT2D eigenvalue weighted by atomic mass is 10.0. The minimum absolute atomic E-state index is 0.101. The van der Waals surface area contributed by atoms with Gasteiger partial charge in [-0.25, -0.2) is 4.79 Å². The summed E-state index contributed by atoms with van der Waals surface area (Å²) in [6.45, 7) is 9.87. The molecule has 0 radical (unpaired) electrons. The first-order valence-corrected chi connectivity index (χ1v) is 10.9. The number of hydrogen-bond donors (Lipinski definition) is 0. The van der Waals surface area contributed by atoms with Gasteiger partial charge in [-0.2, -0.15) is 0 Å². The number of aromatic nitrogens is 1. The lowest BCUT2D eigenvalue weighted by Gasteiger charge is -2.35. The van der Waals surface area contributed by atoms with Gasteiger partial charge in [0.15, 0.2) is 0 Å². The van der Waals surface area contributed by atoms with Gasteiger partial charge in [-0.1, -0.05) is 24.3 Å². The molecular weight excluding hydrogens is 404 g/mol. The van der Waals surface area contributed by atoms with E-state index in [9.17, 15) is 4.79 Å². The summed E-state index contributed by atoms with van der Waals surface area (Å²) in [5.74, 6) is 1.52. The number of pyridine rings is 1. The van der Waals surface area contributed by atoms with Crippen molar-refractivity contribution in [2.45, 2.75) is 58.4 Å². The molecule has 4 rings (SSSR count). The first-order valence-electron chi connectivity index (χ1n) is 10.9. The summed E-state index contributed by atoms with van der Waals surface area (Å²) in [6, 6.07) is 17.6. The second kappa shape index (κ2) is 8.43. The predicted octanol–water partition coefficient (Wildman–Crippen LogP) is 5.94. The summed E-state index contributed by atoms with van der Waals surface area (Å²) in [5, 5.41) is 0.970. The SMILES string of the molecule is CC(C)(C)OC(=O)N1C(Cc2ccc(Oc3ccnc4ccccc34)cc2)COC1(C)C. The van der Waals surface area contributed by atoms with Gasteiger partial charge in [0.2, 0.25) is 0 Å². The predicted molar refractivity (Wildman–Crippen MR) is 124 cm³/mol. The summed E-state index contributed by atoms with van der Waals surface area (Å²) >= 11 is 0. The van der Waals surface area contributed by atoms with E-state index in [1.54, 1.807) is 11.1 Å². The molecule has 3 aromatic rings. The molecule has 1 aliphatic heterocycles. The van der Waals surface area contributed by atoms with Crippen molar-refractivity contribution >= 4 is 17.0 Å². The van der Waals surface area contributed by atoms with E-state index in [1.165, 1.54) is 0 Å². The van der Waals surface area contributed by atoms with Crippen molar-refractivity contribution in [1.82, 2.24) is 9.88 Å². The Morgan fingerprint density at radius 2 is 1.84 bits per heavy atom. The fourth-order valence-corrected chi connectivity index (χ4v) is 3.97. The van der Waals surface area contributed by atoms with Crippen LogP contribution in [-0.2, 0) is 15.9 Å². The van der Waals surface area contributed by atoms with Crippen LogP contribution in [0.4, 0.5) is 4.79 Å². The van der Waals surface area contributed by atoms with Gasteiger partial charge < -0.3 is 14.2 Å². The largest absolute Gasteiger partial charge is 0.457 e. The van der Waals surface area contributed by atoms with Crippen molar-refractivity contribution < 1.29 is 19.0 Å². The van der Waals surface area contributed by atoms with Crippen molar-refractivity contribution in [2.24, 2.45) is 0 Å². The lowest BCUT2D eigenvalue weighted by Crippen LogP contribution is -2.50. The zero-order valence-electron chi connectivity index (χ0n) is 19.3. The molecule has 0 N–H and O–H groups in total. The van der Waals surface area contributed by atoms with Crippen LogP contribution >= 0.6 is 0 Å². The molecule has 1 aliphatic rings. The minimum atomic E-state index is -0.710. The van der Waals surface area contributed by atoms with Crippen molar-refractivity contribution in [2.75, 3.05) is 6.61 Å². The molecule has 1 aromatic heterocycles. The molecule has 1 amide bonds. The van der Waals surface area contributed by atoms with Gasteiger partial charge in [0.1, 0.15) is 22.8 Å². The fourth-order valence-electron chi connectivity index (χ4n) is 3.97. The van der Waals surface area contributed by atoms with Crippen molar-refractivity contribution in [3.63, 3.8) is 0 Å². The first kappa shape index (κ1) is 22.1. The minimum Gasteiger partial charge on any atom is -0.457 e. The van der Waals surface area contributed by atoms with Crippen LogP contribution in [0.3, 0.4) is 0 Å². The van der Waals surface area contributed by atoms with Gasteiger partial charge >= 0.3 is 6.09 Å². The number of carbonyl (C=O) groups is 1. The first-order chi connectivity index (χ1) is 15.1. The molecule has 2 aromatic carbocycles. The smallest absolute Gasteiger partial charge is 0.412 e. The number of ether oxygens (including phenoxy) is 3. The van der Waals surface area contributed by atoms with Crippen molar-refractivity contribution in [3.05, 3.63) is 66.4 Å². The number of para-hydroxylation sites is 1. The van der Waals surface area contributed by atoms with E-state index >= 15 is 0 Å². The van der Waals surface area contributed by atoms with Crippen molar-refractivity contribution in [1.29, 1.82) is 0 Å². The molecule has 0 saturated carbocycles. The second-order valence-electron chi connectivity index (χ2n) is 9.54. The Labute approximate surface area is 189 Å². The van der Waals surface area contributed by atoms with Crippen LogP contribution in [-0.4, -0.2) is 40.0 Å². The Balaban J connectivity index is 1.47. The molecule has 0 bridgehead atoms. The molecule has 2 heterocycles. The van der Waals surface area contributed by atoms with Crippen LogP contribution in [0.15, 0.2) is 60.8 Å². The standard InChI is InChI=1S/C26H30N2O4/c1-25(2,3)32-24(29)28-19(17-30-26(28,4)5)16-18-10-12-20(13-11-18)31-23-14-15-27-22-9-7-6-8-21(22)23/h6-15,19H,16-17H2,1-5H3. The third-order valence-corrected chi connectivity index (χ3v) is 5.40. The lowest BCUT2D eigenvalue weighted by molar-refractivity contribution is -0.0624. The fraction of sp³-hybridized carbons (Fsp3) is 0.385. The summed E-state index contributed by atoms with van der Waals surface area (Å²) in [6.07, 6.45) is 2.06. The third kappa shape index (κ3) is 4.86. The van der Waals surface area contributed by atoms with E-state index in [0.717, 1.165) is 28.0 Å². The van der Waals surface area contributed by atoms with Gasteiger partial charge in [0.05, 0.1) is 18.2 Å². The highest BCUT2D eigenvalue weighted by atomic mass is 16.6. The molecule has 1 fully saturated rings. The number of carbonyl (C=O) groups excluding carboxylic acids is 1. The third-order valence-electron chi connectivity index (χ3n) is 5.40. The average Bonchev–Trinajstić information content (AvgIpc) is 3.02. The molecule has 168 valence electrons. The Kier molecular flexibility index (Phi) is 5.82. The Morgan fingerprint density at radius 3 is 2.56 bits per heavy atom. The quantitative estimate of drug-likeness (QED) is 0.508. The average molecular weight is 435 g/mol. The maximum atomic E-state index is 12.8. The molecule has 0 aliphatic carbocycles. The Morgan fingerprint density at radius 1 is 1.12 bits per heavy atom. The molecule has 6 heteroatoms. The second-order valence-corrected chi connectivity index (χ2v) is 9.54. The van der Waals surface area contributed by atoms with E-state index in [1.807, 2.05) is 89.2 Å². The molecule has 0 spiro atoms.